The van der Waals surface area contributed by atoms with Crippen molar-refractivity contribution in [1.82, 2.24) is 0 Å². The van der Waals surface area contributed by atoms with Crippen LogP contribution in [-0.2, 0) is 14.3 Å². The zero-order chi connectivity index (χ0) is 9.69. The second-order valence-electron chi connectivity index (χ2n) is 3.99. The van der Waals surface area contributed by atoms with E-state index in [1.165, 1.54) is 0 Å². The lowest BCUT2D eigenvalue weighted by molar-refractivity contribution is -0.174. The number of rotatable bonds is 1. The molecule has 2 fully saturated rings. The molecule has 0 spiro atoms. The van der Waals surface area contributed by atoms with Gasteiger partial charge >= 0.3 is 0 Å². The molecule has 2 atom stereocenters. The van der Waals surface area contributed by atoms with Gasteiger partial charge in [-0.1, -0.05) is 6.58 Å². The highest BCUT2D eigenvalue weighted by atomic mass is 16.8. The molecule has 2 bridgehead atoms. The SMILES string of the molecule is C=C1CC[C@@]2(C(C)=O)CO[C@@]1(C)O2. The summed E-state index contributed by atoms with van der Waals surface area (Å²) in [6.45, 7) is 7.66. The van der Waals surface area contributed by atoms with E-state index in [0.717, 1.165) is 12.0 Å². The van der Waals surface area contributed by atoms with E-state index in [9.17, 15) is 4.79 Å². The van der Waals surface area contributed by atoms with Gasteiger partial charge in [-0.05, 0) is 32.3 Å². The van der Waals surface area contributed by atoms with Crippen LogP contribution >= 0.6 is 0 Å². The first-order valence-electron chi connectivity index (χ1n) is 4.52. The smallest absolute Gasteiger partial charge is 0.189 e. The van der Waals surface area contributed by atoms with E-state index in [1.807, 2.05) is 6.92 Å². The molecule has 2 aliphatic heterocycles. The van der Waals surface area contributed by atoms with Gasteiger partial charge in [-0.2, -0.15) is 0 Å². The molecule has 2 aliphatic rings. The van der Waals surface area contributed by atoms with E-state index in [4.69, 9.17) is 9.47 Å². The van der Waals surface area contributed by atoms with Crippen molar-refractivity contribution in [1.29, 1.82) is 0 Å². The minimum absolute atomic E-state index is 0.0590. The number of hydrogen-bond acceptors (Lipinski definition) is 3. The van der Waals surface area contributed by atoms with Crippen molar-refractivity contribution in [3.63, 3.8) is 0 Å². The van der Waals surface area contributed by atoms with Crippen molar-refractivity contribution in [3.05, 3.63) is 12.2 Å². The number of carbonyl (C=O) groups is 1. The summed E-state index contributed by atoms with van der Waals surface area (Å²) in [6.07, 6.45) is 1.52. The van der Waals surface area contributed by atoms with Crippen molar-refractivity contribution in [2.45, 2.75) is 38.1 Å². The summed E-state index contributed by atoms with van der Waals surface area (Å²) >= 11 is 0. The van der Waals surface area contributed by atoms with E-state index >= 15 is 0 Å². The molecule has 0 saturated carbocycles. The number of ether oxygens (including phenoxy) is 2. The van der Waals surface area contributed by atoms with Gasteiger partial charge in [0, 0.05) is 0 Å². The molecule has 0 amide bonds. The molecule has 0 N–H and O–H groups in total. The number of Topliss-reactive ketones (excluding diaryl/α,β-unsaturated/α-hetero) is 1. The van der Waals surface area contributed by atoms with Gasteiger partial charge in [-0.15, -0.1) is 0 Å². The van der Waals surface area contributed by atoms with Crippen LogP contribution in [0.3, 0.4) is 0 Å². The summed E-state index contributed by atoms with van der Waals surface area (Å²) in [5, 5.41) is 0. The van der Waals surface area contributed by atoms with Crippen molar-refractivity contribution in [2.75, 3.05) is 6.61 Å². The molecule has 0 radical (unpaired) electrons. The van der Waals surface area contributed by atoms with Crippen LogP contribution in [0.2, 0.25) is 0 Å². The Bertz CT molecular complexity index is 284. The second-order valence-corrected chi connectivity index (χ2v) is 3.99. The number of hydrogen-bond donors (Lipinski definition) is 0. The zero-order valence-electron chi connectivity index (χ0n) is 8.05. The Labute approximate surface area is 77.7 Å². The Morgan fingerprint density at radius 1 is 1.62 bits per heavy atom. The van der Waals surface area contributed by atoms with Crippen molar-refractivity contribution >= 4 is 5.78 Å². The van der Waals surface area contributed by atoms with Gasteiger partial charge in [0.15, 0.2) is 17.2 Å². The van der Waals surface area contributed by atoms with E-state index < -0.39 is 11.4 Å². The maximum Gasteiger partial charge on any atom is 0.189 e. The quantitative estimate of drug-likeness (QED) is 0.575. The first-order chi connectivity index (χ1) is 5.99. The van der Waals surface area contributed by atoms with Crippen LogP contribution < -0.4 is 0 Å². The van der Waals surface area contributed by atoms with Gasteiger partial charge in [0.25, 0.3) is 0 Å². The molecule has 72 valence electrons. The van der Waals surface area contributed by atoms with Gasteiger partial charge in [-0.3, -0.25) is 4.79 Å². The van der Waals surface area contributed by atoms with E-state index in [2.05, 4.69) is 6.58 Å². The topological polar surface area (TPSA) is 35.5 Å². The van der Waals surface area contributed by atoms with E-state index in [1.54, 1.807) is 6.92 Å². The van der Waals surface area contributed by atoms with E-state index in [-0.39, 0.29) is 5.78 Å². The third kappa shape index (κ3) is 1.07. The first kappa shape index (κ1) is 8.91. The fourth-order valence-electron chi connectivity index (χ4n) is 1.91. The van der Waals surface area contributed by atoms with Crippen LogP contribution in [0.4, 0.5) is 0 Å². The van der Waals surface area contributed by atoms with Gasteiger partial charge in [0.1, 0.15) is 0 Å². The fourth-order valence-corrected chi connectivity index (χ4v) is 1.91. The molecule has 2 heterocycles. The maximum absolute atomic E-state index is 11.4. The summed E-state index contributed by atoms with van der Waals surface area (Å²) in [7, 11) is 0. The predicted molar refractivity (Wildman–Crippen MR) is 47.2 cm³/mol. The van der Waals surface area contributed by atoms with Gasteiger partial charge in [-0.25, -0.2) is 0 Å². The standard InChI is InChI=1S/C10H14O3/c1-7-4-5-10(8(2)11)6-12-9(7,3)13-10/h1,4-6H2,2-3H3/t9-,10-/m0/s1. The van der Waals surface area contributed by atoms with Gasteiger partial charge in [0.05, 0.1) is 6.61 Å². The predicted octanol–water partition coefficient (Wildman–Crippen LogP) is 1.43. The number of fused-ring (bicyclic) bond motifs is 2. The molecule has 2 saturated heterocycles. The van der Waals surface area contributed by atoms with Crippen LogP contribution in [0.1, 0.15) is 26.7 Å². The third-order valence-electron chi connectivity index (χ3n) is 3.09. The maximum atomic E-state index is 11.4. The monoisotopic (exact) mass is 182 g/mol. The average molecular weight is 182 g/mol. The summed E-state index contributed by atoms with van der Waals surface area (Å²) in [5.74, 6) is -0.659. The lowest BCUT2D eigenvalue weighted by atomic mass is 9.88. The largest absolute Gasteiger partial charge is 0.343 e. The lowest BCUT2D eigenvalue weighted by Crippen LogP contribution is -2.45. The number of ketones is 1. The van der Waals surface area contributed by atoms with Crippen molar-refractivity contribution < 1.29 is 14.3 Å². The summed E-state index contributed by atoms with van der Waals surface area (Å²) in [5.41, 5.74) is 0.248. The average Bonchev–Trinajstić information content (AvgIpc) is 2.36. The van der Waals surface area contributed by atoms with Crippen molar-refractivity contribution in [2.24, 2.45) is 0 Å². The fraction of sp³-hybridized carbons (Fsp3) is 0.700. The van der Waals surface area contributed by atoms with Crippen LogP contribution in [0, 0.1) is 0 Å². The molecular weight excluding hydrogens is 168 g/mol. The van der Waals surface area contributed by atoms with Crippen molar-refractivity contribution in [3.8, 4) is 0 Å². The molecule has 0 aromatic carbocycles. The zero-order valence-corrected chi connectivity index (χ0v) is 8.05. The second kappa shape index (κ2) is 2.42. The molecule has 0 aromatic rings. The molecule has 3 nitrogen and oxygen atoms in total. The summed E-state index contributed by atoms with van der Waals surface area (Å²) in [4.78, 5) is 11.4. The Kier molecular flexibility index (Phi) is 1.66. The summed E-state index contributed by atoms with van der Waals surface area (Å²) in [6, 6.07) is 0. The van der Waals surface area contributed by atoms with Crippen LogP contribution in [0.5, 0.6) is 0 Å². The molecule has 13 heavy (non-hydrogen) atoms. The van der Waals surface area contributed by atoms with Crippen LogP contribution in [0.15, 0.2) is 12.2 Å². The first-order valence-corrected chi connectivity index (χ1v) is 4.52. The van der Waals surface area contributed by atoms with E-state index in [0.29, 0.717) is 13.0 Å². The molecule has 0 aromatic heterocycles. The Morgan fingerprint density at radius 3 is 2.92 bits per heavy atom. The highest BCUT2D eigenvalue weighted by molar-refractivity contribution is 5.85. The van der Waals surface area contributed by atoms with Crippen LogP contribution in [-0.4, -0.2) is 23.8 Å². The summed E-state index contributed by atoms with van der Waals surface area (Å²) < 4.78 is 11.2. The van der Waals surface area contributed by atoms with Gasteiger partial charge < -0.3 is 9.47 Å². The van der Waals surface area contributed by atoms with Gasteiger partial charge in [0.2, 0.25) is 0 Å². The third-order valence-corrected chi connectivity index (χ3v) is 3.09. The highest BCUT2D eigenvalue weighted by Crippen LogP contribution is 2.45. The molecule has 0 aliphatic carbocycles. The normalized spacial score (nSPS) is 43.7. The minimum Gasteiger partial charge on any atom is -0.343 e. The Balaban J connectivity index is 2.33. The molecule has 0 unspecified atom stereocenters. The molecule has 3 heteroatoms. The highest BCUT2D eigenvalue weighted by Gasteiger charge is 2.55. The minimum atomic E-state index is -0.718. The Hall–Kier alpha value is -0.670. The lowest BCUT2D eigenvalue weighted by Gasteiger charge is -2.35. The van der Waals surface area contributed by atoms with Crippen LogP contribution in [0.25, 0.3) is 0 Å². The Morgan fingerprint density at radius 2 is 2.31 bits per heavy atom. The molecule has 2 rings (SSSR count). The number of carbonyl (C=O) groups excluding carboxylic acids is 1. The molecular formula is C10H14O3.